The van der Waals surface area contributed by atoms with Crippen molar-refractivity contribution in [2.24, 2.45) is 11.8 Å². The highest BCUT2D eigenvalue weighted by molar-refractivity contribution is 4.86. The fraction of sp³-hybridized carbons (Fsp3) is 1.00. The zero-order chi connectivity index (χ0) is 12.7. The third-order valence-electron chi connectivity index (χ3n) is 4.19. The minimum absolute atomic E-state index is 0.401. The monoisotopic (exact) mass is 241 g/mol. The van der Waals surface area contributed by atoms with Crippen molar-refractivity contribution in [1.82, 2.24) is 5.32 Å². The van der Waals surface area contributed by atoms with Gasteiger partial charge in [0.15, 0.2) is 0 Å². The molecule has 0 spiro atoms. The van der Waals surface area contributed by atoms with E-state index >= 15 is 0 Å². The van der Waals surface area contributed by atoms with Gasteiger partial charge in [-0.15, -0.1) is 0 Å². The first-order valence-corrected chi connectivity index (χ1v) is 7.57. The van der Waals surface area contributed by atoms with E-state index in [2.05, 4.69) is 33.0 Å². The topological polar surface area (TPSA) is 21.3 Å². The number of hydrogen-bond donors (Lipinski definition) is 1. The fourth-order valence-electron chi connectivity index (χ4n) is 3.17. The normalized spacial score (nSPS) is 28.9. The van der Waals surface area contributed by atoms with E-state index in [1.807, 2.05) is 0 Å². The van der Waals surface area contributed by atoms with Crippen LogP contribution in [-0.4, -0.2) is 25.3 Å². The molecule has 0 heterocycles. The zero-order valence-corrected chi connectivity index (χ0v) is 12.2. The largest absolute Gasteiger partial charge is 0.377 e. The van der Waals surface area contributed by atoms with Gasteiger partial charge < -0.3 is 10.1 Å². The first-order valence-electron chi connectivity index (χ1n) is 7.57. The number of ether oxygens (including phenoxy) is 1. The summed E-state index contributed by atoms with van der Waals surface area (Å²) < 4.78 is 5.92. The molecule has 0 aromatic carbocycles. The highest BCUT2D eigenvalue weighted by Gasteiger charge is 2.30. The van der Waals surface area contributed by atoms with Crippen LogP contribution < -0.4 is 5.32 Å². The lowest BCUT2D eigenvalue weighted by Gasteiger charge is -2.37. The van der Waals surface area contributed by atoms with Gasteiger partial charge in [0.2, 0.25) is 0 Å². The van der Waals surface area contributed by atoms with Gasteiger partial charge in [-0.2, -0.15) is 0 Å². The van der Waals surface area contributed by atoms with Gasteiger partial charge in [0, 0.05) is 12.6 Å². The van der Waals surface area contributed by atoms with E-state index in [9.17, 15) is 0 Å². The molecule has 1 aliphatic rings. The van der Waals surface area contributed by atoms with E-state index in [0.29, 0.717) is 12.1 Å². The number of rotatable bonds is 7. The third-order valence-corrected chi connectivity index (χ3v) is 4.19. The Morgan fingerprint density at radius 3 is 2.24 bits per heavy atom. The van der Waals surface area contributed by atoms with Crippen molar-refractivity contribution < 1.29 is 4.74 Å². The van der Waals surface area contributed by atoms with E-state index in [-0.39, 0.29) is 0 Å². The average molecular weight is 241 g/mol. The van der Waals surface area contributed by atoms with E-state index in [1.165, 1.54) is 25.7 Å². The third kappa shape index (κ3) is 4.59. The summed E-state index contributed by atoms with van der Waals surface area (Å²) in [6.07, 6.45) is 7.07. The van der Waals surface area contributed by atoms with Gasteiger partial charge >= 0.3 is 0 Å². The molecule has 2 heteroatoms. The van der Waals surface area contributed by atoms with Crippen LogP contribution in [0, 0.1) is 11.8 Å². The minimum Gasteiger partial charge on any atom is -0.377 e. The molecule has 0 aromatic heterocycles. The molecule has 0 amide bonds. The Bertz CT molecular complexity index is 187. The summed E-state index contributed by atoms with van der Waals surface area (Å²) in [6.45, 7) is 10.8. The smallest absolute Gasteiger partial charge is 0.0727 e. The Labute approximate surface area is 108 Å². The minimum atomic E-state index is 0.401. The quantitative estimate of drug-likeness (QED) is 0.735. The Balaban J connectivity index is 2.56. The van der Waals surface area contributed by atoms with E-state index in [0.717, 1.165) is 31.4 Å². The van der Waals surface area contributed by atoms with Crippen LogP contribution in [-0.2, 0) is 4.74 Å². The van der Waals surface area contributed by atoms with Gasteiger partial charge in [0.1, 0.15) is 0 Å². The predicted molar refractivity (Wildman–Crippen MR) is 74.3 cm³/mol. The summed E-state index contributed by atoms with van der Waals surface area (Å²) in [7, 11) is 0. The van der Waals surface area contributed by atoms with Crippen LogP contribution in [0.15, 0.2) is 0 Å². The second kappa shape index (κ2) is 8.10. The molecular weight excluding hydrogens is 210 g/mol. The standard InChI is InChI=1S/C15H31NO/c1-5-14(17-7-3)15(16-6-2)13-10-8-12(4)9-11-13/h12-16H,5-11H2,1-4H3. The predicted octanol–water partition coefficient (Wildman–Crippen LogP) is 3.61. The van der Waals surface area contributed by atoms with Gasteiger partial charge in [-0.05, 0) is 44.6 Å². The molecule has 1 fully saturated rings. The van der Waals surface area contributed by atoms with Crippen molar-refractivity contribution in [3.63, 3.8) is 0 Å². The highest BCUT2D eigenvalue weighted by Crippen LogP contribution is 2.32. The van der Waals surface area contributed by atoms with Crippen molar-refractivity contribution >= 4 is 0 Å². The Morgan fingerprint density at radius 2 is 1.76 bits per heavy atom. The fourth-order valence-corrected chi connectivity index (χ4v) is 3.17. The van der Waals surface area contributed by atoms with Crippen LogP contribution in [0.3, 0.4) is 0 Å². The molecule has 1 aliphatic carbocycles. The van der Waals surface area contributed by atoms with Crippen molar-refractivity contribution in [3.8, 4) is 0 Å². The Morgan fingerprint density at radius 1 is 1.12 bits per heavy atom. The maximum Gasteiger partial charge on any atom is 0.0727 e. The molecule has 1 saturated carbocycles. The summed E-state index contributed by atoms with van der Waals surface area (Å²) in [5, 5.41) is 3.68. The van der Waals surface area contributed by atoms with E-state index < -0.39 is 0 Å². The van der Waals surface area contributed by atoms with Crippen LogP contribution in [0.5, 0.6) is 0 Å². The Hall–Kier alpha value is -0.0800. The summed E-state index contributed by atoms with van der Waals surface area (Å²) in [5.74, 6) is 1.75. The first-order chi connectivity index (χ1) is 8.22. The number of hydrogen-bond acceptors (Lipinski definition) is 2. The van der Waals surface area contributed by atoms with E-state index in [1.54, 1.807) is 0 Å². The van der Waals surface area contributed by atoms with Crippen molar-refractivity contribution in [2.45, 2.75) is 71.9 Å². The molecular formula is C15H31NO. The van der Waals surface area contributed by atoms with Crippen LogP contribution >= 0.6 is 0 Å². The second-order valence-corrected chi connectivity index (χ2v) is 5.51. The highest BCUT2D eigenvalue weighted by atomic mass is 16.5. The van der Waals surface area contributed by atoms with Gasteiger partial charge in [0.25, 0.3) is 0 Å². The molecule has 0 radical (unpaired) electrons. The lowest BCUT2D eigenvalue weighted by atomic mass is 9.77. The van der Waals surface area contributed by atoms with E-state index in [4.69, 9.17) is 4.74 Å². The molecule has 1 N–H and O–H groups in total. The van der Waals surface area contributed by atoms with Gasteiger partial charge in [-0.1, -0.05) is 33.6 Å². The summed E-state index contributed by atoms with van der Waals surface area (Å²) >= 11 is 0. The molecule has 0 aliphatic heterocycles. The summed E-state index contributed by atoms with van der Waals surface area (Å²) in [5.41, 5.74) is 0. The van der Waals surface area contributed by atoms with Crippen LogP contribution in [0.2, 0.25) is 0 Å². The van der Waals surface area contributed by atoms with Crippen molar-refractivity contribution in [2.75, 3.05) is 13.2 Å². The second-order valence-electron chi connectivity index (χ2n) is 5.51. The molecule has 2 unspecified atom stereocenters. The van der Waals surface area contributed by atoms with Gasteiger partial charge in [-0.25, -0.2) is 0 Å². The molecule has 0 bridgehead atoms. The molecule has 1 rings (SSSR count). The van der Waals surface area contributed by atoms with Gasteiger partial charge in [-0.3, -0.25) is 0 Å². The molecule has 2 atom stereocenters. The lowest BCUT2D eigenvalue weighted by molar-refractivity contribution is 0.00763. The first kappa shape index (κ1) is 15.0. The molecule has 0 aromatic rings. The molecule has 2 nitrogen and oxygen atoms in total. The summed E-state index contributed by atoms with van der Waals surface area (Å²) in [6, 6.07) is 0.567. The zero-order valence-electron chi connectivity index (χ0n) is 12.2. The number of likely N-dealkylation sites (N-methyl/N-ethyl adjacent to an activating group) is 1. The molecule has 0 saturated heterocycles. The van der Waals surface area contributed by atoms with Crippen molar-refractivity contribution in [1.29, 1.82) is 0 Å². The molecule has 102 valence electrons. The maximum atomic E-state index is 5.92. The maximum absolute atomic E-state index is 5.92. The van der Waals surface area contributed by atoms with Gasteiger partial charge in [0.05, 0.1) is 6.10 Å². The summed E-state index contributed by atoms with van der Waals surface area (Å²) in [4.78, 5) is 0. The van der Waals surface area contributed by atoms with Crippen LogP contribution in [0.25, 0.3) is 0 Å². The number of nitrogens with one attached hydrogen (secondary N) is 1. The molecule has 17 heavy (non-hydrogen) atoms. The average Bonchev–Trinajstić information content (AvgIpc) is 2.35. The SMILES string of the molecule is CCNC(C1CCC(C)CC1)C(CC)OCC. The lowest BCUT2D eigenvalue weighted by Crippen LogP contribution is -2.47. The Kier molecular flexibility index (Phi) is 7.14. The van der Waals surface area contributed by atoms with Crippen LogP contribution in [0.1, 0.15) is 59.8 Å². The van der Waals surface area contributed by atoms with Crippen LogP contribution in [0.4, 0.5) is 0 Å². The van der Waals surface area contributed by atoms with Crippen molar-refractivity contribution in [3.05, 3.63) is 0 Å².